The fraction of sp³-hybridized carbons (Fsp3) is 0.222. The lowest BCUT2D eigenvalue weighted by molar-refractivity contribution is 0.111. The summed E-state index contributed by atoms with van der Waals surface area (Å²) in [6.07, 6.45) is 0.577. The van der Waals surface area contributed by atoms with Gasteiger partial charge in [-0.05, 0) is 19.1 Å². The van der Waals surface area contributed by atoms with Gasteiger partial charge >= 0.3 is 0 Å². The minimum Gasteiger partial charge on any atom is -0.490 e. The molecule has 0 saturated carbocycles. The molecule has 1 aromatic carbocycles. The Morgan fingerprint density at radius 2 is 2.33 bits per heavy atom. The lowest BCUT2D eigenvalue weighted by Crippen LogP contribution is -1.98. The van der Waals surface area contributed by atoms with Crippen LogP contribution in [0.15, 0.2) is 18.2 Å². The van der Waals surface area contributed by atoms with Crippen LogP contribution in [0.25, 0.3) is 0 Å². The number of ether oxygens (including phenoxy) is 1. The van der Waals surface area contributed by atoms with Crippen LogP contribution in [-0.2, 0) is 0 Å². The molecule has 0 saturated heterocycles. The van der Waals surface area contributed by atoms with Gasteiger partial charge in [-0.15, -0.1) is 0 Å². The quantitative estimate of drug-likeness (QED) is 0.645. The number of hydrogen-bond donors (Lipinski definition) is 0. The van der Waals surface area contributed by atoms with Gasteiger partial charge in [-0.1, -0.05) is 6.07 Å². The largest absolute Gasteiger partial charge is 0.490 e. The molecule has 2 nitrogen and oxygen atoms in total. The van der Waals surface area contributed by atoms with Crippen molar-refractivity contribution in [2.75, 3.05) is 6.61 Å². The van der Waals surface area contributed by atoms with Gasteiger partial charge in [0, 0.05) is 0 Å². The summed E-state index contributed by atoms with van der Waals surface area (Å²) in [4.78, 5) is 10.4. The lowest BCUT2D eigenvalue weighted by atomic mass is 10.2. The lowest BCUT2D eigenvalue weighted by Gasteiger charge is -2.05. The average Bonchev–Trinajstić information content (AvgIpc) is 2.09. The summed E-state index contributed by atoms with van der Waals surface area (Å²) in [6, 6.07) is 4.25. The first-order valence-electron chi connectivity index (χ1n) is 3.66. The van der Waals surface area contributed by atoms with Crippen LogP contribution in [-0.4, -0.2) is 12.9 Å². The van der Waals surface area contributed by atoms with E-state index in [9.17, 15) is 9.18 Å². The van der Waals surface area contributed by atoms with E-state index in [1.807, 2.05) is 0 Å². The van der Waals surface area contributed by atoms with Crippen molar-refractivity contribution in [2.45, 2.75) is 6.92 Å². The number of carbonyl (C=O) groups is 1. The first-order chi connectivity index (χ1) is 5.79. The molecule has 0 N–H and O–H groups in total. The maximum Gasteiger partial charge on any atom is 0.165 e. The van der Waals surface area contributed by atoms with Crippen molar-refractivity contribution in [2.24, 2.45) is 0 Å². The van der Waals surface area contributed by atoms with E-state index in [1.165, 1.54) is 18.2 Å². The van der Waals surface area contributed by atoms with E-state index in [4.69, 9.17) is 4.74 Å². The molecule has 0 spiro atoms. The van der Waals surface area contributed by atoms with E-state index >= 15 is 0 Å². The number of hydrogen-bond acceptors (Lipinski definition) is 2. The van der Waals surface area contributed by atoms with Crippen LogP contribution in [0.2, 0.25) is 0 Å². The molecule has 0 unspecified atom stereocenters. The Kier molecular flexibility index (Phi) is 2.80. The first kappa shape index (κ1) is 8.71. The first-order valence-corrected chi connectivity index (χ1v) is 3.66. The highest BCUT2D eigenvalue weighted by Gasteiger charge is 2.07. The molecule has 3 heteroatoms. The molecular formula is C9H9FO2. The van der Waals surface area contributed by atoms with Crippen LogP contribution in [0.3, 0.4) is 0 Å². The number of aldehydes is 1. The molecule has 0 aliphatic carbocycles. The minimum atomic E-state index is -0.499. The summed E-state index contributed by atoms with van der Waals surface area (Å²) in [5.41, 5.74) is 0.247. The molecule has 64 valence electrons. The molecule has 0 bridgehead atoms. The summed E-state index contributed by atoms with van der Waals surface area (Å²) in [6.45, 7) is 2.09. The van der Waals surface area contributed by atoms with Crippen LogP contribution in [0, 0.1) is 5.82 Å². The van der Waals surface area contributed by atoms with Crippen molar-refractivity contribution >= 4 is 6.29 Å². The van der Waals surface area contributed by atoms with E-state index in [0.29, 0.717) is 12.9 Å². The second kappa shape index (κ2) is 3.85. The van der Waals surface area contributed by atoms with Crippen LogP contribution >= 0.6 is 0 Å². The van der Waals surface area contributed by atoms with Gasteiger partial charge in [0.1, 0.15) is 0 Å². The van der Waals surface area contributed by atoms with Gasteiger partial charge in [0.25, 0.3) is 0 Å². The normalized spacial score (nSPS) is 9.50. The Labute approximate surface area is 70.0 Å². The van der Waals surface area contributed by atoms with Crippen LogP contribution in [0.1, 0.15) is 17.3 Å². The molecule has 0 radical (unpaired) electrons. The SMILES string of the molecule is CCOc1c(F)cccc1C=O. The number of carbonyl (C=O) groups excluding carboxylic acids is 1. The molecule has 0 atom stereocenters. The van der Waals surface area contributed by atoms with Crippen LogP contribution in [0.5, 0.6) is 5.75 Å². The second-order valence-electron chi connectivity index (χ2n) is 2.21. The fourth-order valence-electron chi connectivity index (χ4n) is 0.915. The van der Waals surface area contributed by atoms with E-state index < -0.39 is 5.82 Å². The Hall–Kier alpha value is -1.38. The summed E-state index contributed by atoms with van der Waals surface area (Å²) >= 11 is 0. The summed E-state index contributed by atoms with van der Waals surface area (Å²) in [5, 5.41) is 0. The standard InChI is InChI=1S/C9H9FO2/c1-2-12-9-7(6-11)4-3-5-8(9)10/h3-6H,2H2,1H3. The Balaban J connectivity index is 3.10. The maximum absolute atomic E-state index is 12.9. The number of halogens is 1. The van der Waals surface area contributed by atoms with Crippen molar-refractivity contribution in [1.29, 1.82) is 0 Å². The molecule has 1 aromatic rings. The molecule has 12 heavy (non-hydrogen) atoms. The third-order valence-corrected chi connectivity index (χ3v) is 1.41. The highest BCUT2D eigenvalue weighted by Crippen LogP contribution is 2.20. The summed E-state index contributed by atoms with van der Waals surface area (Å²) < 4.78 is 17.9. The molecule has 1 rings (SSSR count). The van der Waals surface area contributed by atoms with Crippen molar-refractivity contribution in [3.8, 4) is 5.75 Å². The van der Waals surface area contributed by atoms with Crippen molar-refractivity contribution in [1.82, 2.24) is 0 Å². The van der Waals surface area contributed by atoms with Crippen LogP contribution in [0.4, 0.5) is 4.39 Å². The molecule has 0 fully saturated rings. The highest BCUT2D eigenvalue weighted by atomic mass is 19.1. The van der Waals surface area contributed by atoms with Gasteiger partial charge in [0.2, 0.25) is 0 Å². The van der Waals surface area contributed by atoms with E-state index in [2.05, 4.69) is 0 Å². The van der Waals surface area contributed by atoms with Gasteiger partial charge in [-0.3, -0.25) is 4.79 Å². The van der Waals surface area contributed by atoms with Crippen LogP contribution < -0.4 is 4.74 Å². The molecule has 0 aromatic heterocycles. The van der Waals surface area contributed by atoms with Gasteiger partial charge in [0.05, 0.1) is 12.2 Å². The van der Waals surface area contributed by atoms with E-state index in [0.717, 1.165) is 0 Å². The highest BCUT2D eigenvalue weighted by molar-refractivity contribution is 5.79. The predicted octanol–water partition coefficient (Wildman–Crippen LogP) is 2.04. The maximum atomic E-state index is 12.9. The summed E-state index contributed by atoms with van der Waals surface area (Å²) in [5.74, 6) is -0.462. The molecule has 0 heterocycles. The van der Waals surface area contributed by atoms with Gasteiger partial charge in [0.15, 0.2) is 17.9 Å². The second-order valence-corrected chi connectivity index (χ2v) is 2.21. The zero-order valence-corrected chi connectivity index (χ0v) is 6.71. The predicted molar refractivity (Wildman–Crippen MR) is 43.0 cm³/mol. The average molecular weight is 168 g/mol. The van der Waals surface area contributed by atoms with Gasteiger partial charge < -0.3 is 4.74 Å². The molecule has 0 aliphatic rings. The monoisotopic (exact) mass is 168 g/mol. The van der Waals surface area contributed by atoms with E-state index in [-0.39, 0.29) is 11.3 Å². The Morgan fingerprint density at radius 1 is 1.58 bits per heavy atom. The summed E-state index contributed by atoms with van der Waals surface area (Å²) in [7, 11) is 0. The smallest absolute Gasteiger partial charge is 0.165 e. The Morgan fingerprint density at radius 3 is 2.92 bits per heavy atom. The van der Waals surface area contributed by atoms with Gasteiger partial charge in [-0.2, -0.15) is 0 Å². The zero-order valence-electron chi connectivity index (χ0n) is 6.71. The molecule has 0 aliphatic heterocycles. The number of benzene rings is 1. The van der Waals surface area contributed by atoms with Gasteiger partial charge in [-0.25, -0.2) is 4.39 Å². The van der Waals surface area contributed by atoms with Crippen molar-refractivity contribution < 1.29 is 13.9 Å². The number of rotatable bonds is 3. The van der Waals surface area contributed by atoms with Crippen molar-refractivity contribution in [3.05, 3.63) is 29.6 Å². The molecule has 0 amide bonds. The van der Waals surface area contributed by atoms with E-state index in [1.54, 1.807) is 6.92 Å². The number of para-hydroxylation sites is 1. The third-order valence-electron chi connectivity index (χ3n) is 1.41. The minimum absolute atomic E-state index is 0.0370. The topological polar surface area (TPSA) is 26.3 Å². The Bertz CT molecular complexity index is 284. The zero-order chi connectivity index (χ0) is 8.97. The molecular weight excluding hydrogens is 159 g/mol. The van der Waals surface area contributed by atoms with Crippen molar-refractivity contribution in [3.63, 3.8) is 0 Å². The third kappa shape index (κ3) is 1.61. The fourth-order valence-corrected chi connectivity index (χ4v) is 0.915.